The molecule has 2 unspecified atom stereocenters. The number of likely N-dealkylation sites (tertiary alicyclic amines) is 1. The number of methoxy groups -OCH3 is 1. The van der Waals surface area contributed by atoms with Gasteiger partial charge in [0.25, 0.3) is 0 Å². The molecule has 0 aliphatic carbocycles. The Kier molecular flexibility index (Phi) is 5.19. The summed E-state index contributed by atoms with van der Waals surface area (Å²) in [6.45, 7) is 2.36. The highest BCUT2D eigenvalue weighted by Gasteiger charge is 2.39. The van der Waals surface area contributed by atoms with Gasteiger partial charge in [-0.05, 0) is 18.8 Å². The van der Waals surface area contributed by atoms with Gasteiger partial charge in [-0.2, -0.15) is 0 Å². The molecule has 2 aliphatic rings. The van der Waals surface area contributed by atoms with Crippen LogP contribution in [0.5, 0.6) is 0 Å². The maximum atomic E-state index is 12.1. The maximum Gasteiger partial charge on any atom is 0.326 e. The number of carbonyl (C=O) groups is 2. The number of nitrogens with zero attached hydrogens (tertiary/aromatic N) is 1. The van der Waals surface area contributed by atoms with Crippen molar-refractivity contribution in [2.24, 2.45) is 5.92 Å². The van der Waals surface area contributed by atoms with Crippen molar-refractivity contribution >= 4 is 12.0 Å². The molecule has 0 aromatic rings. The number of carboxylic acid groups (broad SMARTS) is 1. The number of aliphatic carboxylic acids is 1. The molecule has 0 spiro atoms. The zero-order valence-electron chi connectivity index (χ0n) is 11.7. The SMILES string of the molecule is COC1CC(C(=O)O)N(C(=O)NCC2CCOCC2)C1. The Morgan fingerprint density at radius 3 is 2.70 bits per heavy atom. The first-order chi connectivity index (χ1) is 9.61. The van der Waals surface area contributed by atoms with Crippen LogP contribution in [0.1, 0.15) is 19.3 Å². The van der Waals surface area contributed by atoms with E-state index >= 15 is 0 Å². The number of ether oxygens (including phenoxy) is 2. The van der Waals surface area contributed by atoms with Gasteiger partial charge in [0.2, 0.25) is 0 Å². The van der Waals surface area contributed by atoms with Crippen molar-refractivity contribution in [1.29, 1.82) is 0 Å². The van der Waals surface area contributed by atoms with Crippen molar-refractivity contribution in [3.63, 3.8) is 0 Å². The normalized spacial score (nSPS) is 27.6. The molecular formula is C13H22N2O5. The molecular weight excluding hydrogens is 264 g/mol. The fourth-order valence-corrected chi connectivity index (χ4v) is 2.71. The van der Waals surface area contributed by atoms with E-state index in [2.05, 4.69) is 5.32 Å². The number of hydrogen-bond donors (Lipinski definition) is 2. The lowest BCUT2D eigenvalue weighted by atomic mass is 10.0. The van der Waals surface area contributed by atoms with Gasteiger partial charge in [-0.25, -0.2) is 9.59 Å². The quantitative estimate of drug-likeness (QED) is 0.776. The van der Waals surface area contributed by atoms with Crippen molar-refractivity contribution in [2.75, 3.05) is 33.4 Å². The third kappa shape index (κ3) is 3.61. The Hall–Kier alpha value is -1.34. The summed E-state index contributed by atoms with van der Waals surface area (Å²) in [5, 5.41) is 12.0. The average molecular weight is 286 g/mol. The number of carbonyl (C=O) groups excluding carboxylic acids is 1. The molecule has 2 N–H and O–H groups in total. The highest BCUT2D eigenvalue weighted by Crippen LogP contribution is 2.20. The summed E-state index contributed by atoms with van der Waals surface area (Å²) in [5.74, 6) is -0.567. The molecule has 0 saturated carbocycles. The van der Waals surface area contributed by atoms with Crippen LogP contribution in [0.3, 0.4) is 0 Å². The second-order valence-electron chi connectivity index (χ2n) is 5.34. The van der Waals surface area contributed by atoms with Crippen LogP contribution in [0.25, 0.3) is 0 Å². The van der Waals surface area contributed by atoms with Gasteiger partial charge in [0.05, 0.1) is 6.10 Å². The van der Waals surface area contributed by atoms with Crippen molar-refractivity contribution < 1.29 is 24.2 Å². The molecule has 0 aromatic heterocycles. The highest BCUT2D eigenvalue weighted by molar-refractivity contribution is 5.83. The molecule has 2 aliphatic heterocycles. The molecule has 0 aromatic carbocycles. The summed E-state index contributed by atoms with van der Waals surface area (Å²) < 4.78 is 10.4. The number of carboxylic acids is 1. The summed E-state index contributed by atoms with van der Waals surface area (Å²) in [6.07, 6.45) is 2.01. The highest BCUT2D eigenvalue weighted by atomic mass is 16.5. The van der Waals surface area contributed by atoms with Crippen LogP contribution in [0.15, 0.2) is 0 Å². The smallest absolute Gasteiger partial charge is 0.326 e. The van der Waals surface area contributed by atoms with Gasteiger partial charge in [-0.15, -0.1) is 0 Å². The zero-order valence-corrected chi connectivity index (χ0v) is 11.7. The van der Waals surface area contributed by atoms with Gasteiger partial charge in [0, 0.05) is 39.8 Å². The van der Waals surface area contributed by atoms with Crippen LogP contribution in [-0.2, 0) is 14.3 Å². The second kappa shape index (κ2) is 6.90. The predicted octanol–water partition coefficient (Wildman–Crippen LogP) is 0.297. The first-order valence-corrected chi connectivity index (χ1v) is 6.99. The Balaban J connectivity index is 1.85. The summed E-state index contributed by atoms with van der Waals surface area (Å²) in [6, 6.07) is -1.11. The minimum absolute atomic E-state index is 0.204. The number of amides is 2. The van der Waals surface area contributed by atoms with Crippen LogP contribution in [-0.4, -0.2) is 67.6 Å². The van der Waals surface area contributed by atoms with E-state index in [1.54, 1.807) is 0 Å². The van der Waals surface area contributed by atoms with Gasteiger partial charge in [-0.1, -0.05) is 0 Å². The van der Waals surface area contributed by atoms with E-state index in [1.165, 1.54) is 12.0 Å². The lowest BCUT2D eigenvalue weighted by Crippen LogP contribution is -2.47. The molecule has 2 fully saturated rings. The van der Waals surface area contributed by atoms with Gasteiger partial charge in [-0.3, -0.25) is 0 Å². The molecule has 2 rings (SSSR count). The van der Waals surface area contributed by atoms with E-state index in [0.29, 0.717) is 25.4 Å². The molecule has 2 amide bonds. The largest absolute Gasteiger partial charge is 0.480 e. The third-order valence-corrected chi connectivity index (χ3v) is 4.02. The van der Waals surface area contributed by atoms with Crippen molar-refractivity contribution in [1.82, 2.24) is 10.2 Å². The third-order valence-electron chi connectivity index (χ3n) is 4.02. The van der Waals surface area contributed by atoms with Crippen LogP contribution in [0.4, 0.5) is 4.79 Å². The predicted molar refractivity (Wildman–Crippen MR) is 70.5 cm³/mol. The number of urea groups is 1. The Labute approximate surface area is 118 Å². The van der Waals surface area contributed by atoms with Crippen molar-refractivity contribution in [3.8, 4) is 0 Å². The van der Waals surface area contributed by atoms with Gasteiger partial charge in [0.1, 0.15) is 6.04 Å². The Morgan fingerprint density at radius 1 is 1.40 bits per heavy atom. The summed E-state index contributed by atoms with van der Waals surface area (Å²) in [5.41, 5.74) is 0. The first kappa shape index (κ1) is 15.1. The number of nitrogens with one attached hydrogen (secondary N) is 1. The standard InChI is InChI=1S/C13H22N2O5/c1-19-10-6-11(12(16)17)15(8-10)13(18)14-7-9-2-4-20-5-3-9/h9-11H,2-8H2,1H3,(H,14,18)(H,16,17). The summed E-state index contributed by atoms with van der Waals surface area (Å²) in [7, 11) is 1.53. The van der Waals surface area contributed by atoms with Gasteiger partial charge in [0.15, 0.2) is 0 Å². The van der Waals surface area contributed by atoms with E-state index in [4.69, 9.17) is 14.6 Å². The maximum absolute atomic E-state index is 12.1. The minimum Gasteiger partial charge on any atom is -0.480 e. The van der Waals surface area contributed by atoms with Crippen LogP contribution >= 0.6 is 0 Å². The van der Waals surface area contributed by atoms with E-state index in [9.17, 15) is 9.59 Å². The number of hydrogen-bond acceptors (Lipinski definition) is 4. The topological polar surface area (TPSA) is 88.1 Å². The van der Waals surface area contributed by atoms with Gasteiger partial charge < -0.3 is 24.8 Å². The lowest BCUT2D eigenvalue weighted by Gasteiger charge is -2.25. The summed E-state index contributed by atoms with van der Waals surface area (Å²) in [4.78, 5) is 24.7. The first-order valence-electron chi connectivity index (χ1n) is 6.99. The molecule has 0 bridgehead atoms. The van der Waals surface area contributed by atoms with Crippen molar-refractivity contribution in [2.45, 2.75) is 31.4 Å². The van der Waals surface area contributed by atoms with E-state index in [-0.39, 0.29) is 12.1 Å². The molecule has 7 nitrogen and oxygen atoms in total. The van der Waals surface area contributed by atoms with E-state index in [1.807, 2.05) is 0 Å². The van der Waals surface area contributed by atoms with Crippen LogP contribution in [0, 0.1) is 5.92 Å². The summed E-state index contributed by atoms with van der Waals surface area (Å²) >= 11 is 0. The molecule has 114 valence electrons. The van der Waals surface area contributed by atoms with E-state index < -0.39 is 12.0 Å². The molecule has 2 saturated heterocycles. The molecule has 0 radical (unpaired) electrons. The molecule has 20 heavy (non-hydrogen) atoms. The monoisotopic (exact) mass is 286 g/mol. The zero-order chi connectivity index (χ0) is 14.5. The van der Waals surface area contributed by atoms with Crippen LogP contribution < -0.4 is 5.32 Å². The number of rotatable bonds is 4. The van der Waals surface area contributed by atoms with Crippen LogP contribution in [0.2, 0.25) is 0 Å². The molecule has 7 heteroatoms. The lowest BCUT2D eigenvalue weighted by molar-refractivity contribution is -0.141. The van der Waals surface area contributed by atoms with Crippen molar-refractivity contribution in [3.05, 3.63) is 0 Å². The minimum atomic E-state index is -0.981. The molecule has 2 atom stereocenters. The van der Waals surface area contributed by atoms with E-state index in [0.717, 1.165) is 26.1 Å². The fourth-order valence-electron chi connectivity index (χ4n) is 2.71. The molecule has 2 heterocycles. The van der Waals surface area contributed by atoms with Gasteiger partial charge >= 0.3 is 12.0 Å². The Bertz CT molecular complexity index is 357. The average Bonchev–Trinajstić information content (AvgIpc) is 2.90. The fraction of sp³-hybridized carbons (Fsp3) is 0.846. The Morgan fingerprint density at radius 2 is 2.10 bits per heavy atom. The second-order valence-corrected chi connectivity index (χ2v) is 5.34.